The monoisotopic (exact) mass is 244 g/mol. The quantitative estimate of drug-likeness (QED) is 0.875. The average molecular weight is 244 g/mol. The van der Waals surface area contributed by atoms with E-state index >= 15 is 0 Å². The van der Waals surface area contributed by atoms with Gasteiger partial charge in [-0.2, -0.15) is 0 Å². The van der Waals surface area contributed by atoms with Crippen molar-refractivity contribution in [2.24, 2.45) is 5.92 Å². The van der Waals surface area contributed by atoms with Crippen molar-refractivity contribution in [1.82, 2.24) is 10.2 Å². The molecule has 1 N–H and O–H groups in total. The summed E-state index contributed by atoms with van der Waals surface area (Å²) in [5.74, 6) is 1.70. The number of hydrogen-bond donors (Lipinski definition) is 1. The third-order valence-corrected chi connectivity index (χ3v) is 4.56. The topological polar surface area (TPSA) is 15.3 Å². The van der Waals surface area contributed by atoms with E-state index in [2.05, 4.69) is 47.6 Å². The molecule has 98 valence electrons. The van der Waals surface area contributed by atoms with Crippen LogP contribution in [0, 0.1) is 5.92 Å². The zero-order chi connectivity index (χ0) is 12.4. The zero-order valence-corrected chi connectivity index (χ0v) is 11.3. The minimum Gasteiger partial charge on any atom is -0.317 e. The summed E-state index contributed by atoms with van der Waals surface area (Å²) in [5.41, 5.74) is 1.53. The lowest BCUT2D eigenvalue weighted by atomic mass is 9.97. The molecule has 2 heteroatoms. The molecule has 1 saturated heterocycles. The van der Waals surface area contributed by atoms with Gasteiger partial charge < -0.3 is 10.2 Å². The lowest BCUT2D eigenvalue weighted by Crippen LogP contribution is -2.35. The fourth-order valence-electron chi connectivity index (χ4n) is 3.33. The van der Waals surface area contributed by atoms with E-state index in [-0.39, 0.29) is 0 Å². The minimum atomic E-state index is 0.790. The first-order valence-corrected chi connectivity index (χ1v) is 7.30. The smallest absolute Gasteiger partial charge is 0.0168 e. The van der Waals surface area contributed by atoms with E-state index in [1.165, 1.54) is 44.5 Å². The highest BCUT2D eigenvalue weighted by Gasteiger charge is 2.41. The van der Waals surface area contributed by atoms with Crippen LogP contribution < -0.4 is 5.32 Å². The van der Waals surface area contributed by atoms with Gasteiger partial charge in [0.1, 0.15) is 0 Å². The Labute approximate surface area is 110 Å². The van der Waals surface area contributed by atoms with Gasteiger partial charge in [0.15, 0.2) is 0 Å². The van der Waals surface area contributed by atoms with Crippen LogP contribution in [0.3, 0.4) is 0 Å². The predicted octanol–water partition coefficient (Wildman–Crippen LogP) is 2.47. The van der Waals surface area contributed by atoms with Crippen molar-refractivity contribution in [1.29, 1.82) is 0 Å². The molecule has 0 bridgehead atoms. The van der Waals surface area contributed by atoms with Gasteiger partial charge in [-0.15, -0.1) is 0 Å². The van der Waals surface area contributed by atoms with Crippen molar-refractivity contribution in [3.63, 3.8) is 0 Å². The molecule has 1 aliphatic heterocycles. The van der Waals surface area contributed by atoms with Crippen LogP contribution in [-0.2, 0) is 0 Å². The number of rotatable bonds is 4. The van der Waals surface area contributed by atoms with Gasteiger partial charge in [0, 0.05) is 18.5 Å². The first-order chi connectivity index (χ1) is 8.84. The molecule has 1 aliphatic carbocycles. The first kappa shape index (κ1) is 12.2. The van der Waals surface area contributed by atoms with Gasteiger partial charge >= 0.3 is 0 Å². The summed E-state index contributed by atoms with van der Waals surface area (Å²) in [6.07, 6.45) is 4.06. The molecule has 3 rings (SSSR count). The SMILES string of the molecule is CN(CC1CCNCC1)[C@H]1CC1c1ccccc1. The molecule has 0 radical (unpaired) electrons. The van der Waals surface area contributed by atoms with E-state index in [4.69, 9.17) is 0 Å². The van der Waals surface area contributed by atoms with Gasteiger partial charge in [-0.05, 0) is 50.9 Å². The molecule has 1 saturated carbocycles. The molecular weight excluding hydrogens is 220 g/mol. The van der Waals surface area contributed by atoms with E-state index < -0.39 is 0 Å². The van der Waals surface area contributed by atoms with Crippen molar-refractivity contribution >= 4 is 0 Å². The number of nitrogens with one attached hydrogen (secondary N) is 1. The number of nitrogens with zero attached hydrogens (tertiary/aromatic N) is 1. The lowest BCUT2D eigenvalue weighted by Gasteiger charge is -2.27. The molecule has 0 aromatic heterocycles. The Hall–Kier alpha value is -0.860. The Morgan fingerprint density at radius 3 is 2.61 bits per heavy atom. The molecule has 2 atom stereocenters. The fourth-order valence-corrected chi connectivity index (χ4v) is 3.33. The third kappa shape index (κ3) is 2.76. The second-order valence-corrected chi connectivity index (χ2v) is 5.95. The van der Waals surface area contributed by atoms with Crippen molar-refractivity contribution in [3.05, 3.63) is 35.9 Å². The third-order valence-electron chi connectivity index (χ3n) is 4.56. The second kappa shape index (κ2) is 5.41. The normalized spacial score (nSPS) is 28.6. The summed E-state index contributed by atoms with van der Waals surface area (Å²) in [6.45, 7) is 3.71. The number of hydrogen-bond acceptors (Lipinski definition) is 2. The van der Waals surface area contributed by atoms with Gasteiger partial charge in [0.2, 0.25) is 0 Å². The minimum absolute atomic E-state index is 0.790. The van der Waals surface area contributed by atoms with Crippen LogP contribution in [0.15, 0.2) is 30.3 Å². The van der Waals surface area contributed by atoms with Crippen LogP contribution in [0.1, 0.15) is 30.7 Å². The van der Waals surface area contributed by atoms with E-state index in [0.717, 1.165) is 17.9 Å². The van der Waals surface area contributed by atoms with E-state index in [1.807, 2.05) is 0 Å². The Bertz CT molecular complexity index is 370. The maximum Gasteiger partial charge on any atom is 0.0168 e. The van der Waals surface area contributed by atoms with E-state index in [9.17, 15) is 0 Å². The first-order valence-electron chi connectivity index (χ1n) is 7.30. The molecular formula is C16H24N2. The van der Waals surface area contributed by atoms with Crippen molar-refractivity contribution < 1.29 is 0 Å². The average Bonchev–Trinajstić information content (AvgIpc) is 3.21. The van der Waals surface area contributed by atoms with Gasteiger partial charge in [-0.25, -0.2) is 0 Å². The molecule has 2 nitrogen and oxygen atoms in total. The Balaban J connectivity index is 1.51. The standard InChI is InChI=1S/C16H24N2/c1-18(12-13-7-9-17-10-8-13)16-11-15(16)14-5-3-2-4-6-14/h2-6,13,15-17H,7-12H2,1H3/t15?,16-/m0/s1. The summed E-state index contributed by atoms with van der Waals surface area (Å²) >= 11 is 0. The van der Waals surface area contributed by atoms with Crippen molar-refractivity contribution in [2.45, 2.75) is 31.2 Å². The molecule has 2 aliphatic rings. The Morgan fingerprint density at radius 2 is 1.89 bits per heavy atom. The summed E-state index contributed by atoms with van der Waals surface area (Å²) in [6, 6.07) is 11.8. The van der Waals surface area contributed by atoms with Crippen LogP contribution in [0.5, 0.6) is 0 Å². The molecule has 2 fully saturated rings. The highest BCUT2D eigenvalue weighted by Crippen LogP contribution is 2.44. The predicted molar refractivity (Wildman–Crippen MR) is 75.8 cm³/mol. The Kier molecular flexibility index (Phi) is 3.67. The van der Waals surface area contributed by atoms with Crippen LogP contribution in [0.25, 0.3) is 0 Å². The fraction of sp³-hybridized carbons (Fsp3) is 0.625. The van der Waals surface area contributed by atoms with Crippen LogP contribution in [0.4, 0.5) is 0 Å². The molecule has 1 unspecified atom stereocenters. The molecule has 0 amide bonds. The van der Waals surface area contributed by atoms with Gasteiger partial charge in [-0.3, -0.25) is 0 Å². The van der Waals surface area contributed by atoms with Crippen LogP contribution in [-0.4, -0.2) is 37.6 Å². The van der Waals surface area contributed by atoms with Crippen LogP contribution >= 0.6 is 0 Å². The molecule has 1 aromatic carbocycles. The zero-order valence-electron chi connectivity index (χ0n) is 11.3. The van der Waals surface area contributed by atoms with Gasteiger partial charge in [-0.1, -0.05) is 30.3 Å². The van der Waals surface area contributed by atoms with Crippen molar-refractivity contribution in [3.8, 4) is 0 Å². The maximum atomic E-state index is 3.45. The summed E-state index contributed by atoms with van der Waals surface area (Å²) < 4.78 is 0. The summed E-state index contributed by atoms with van der Waals surface area (Å²) in [5, 5.41) is 3.45. The number of benzene rings is 1. The Morgan fingerprint density at radius 1 is 1.17 bits per heavy atom. The molecule has 18 heavy (non-hydrogen) atoms. The lowest BCUT2D eigenvalue weighted by molar-refractivity contribution is 0.230. The number of likely N-dealkylation sites (N-methyl/N-ethyl adjacent to an activating group) is 1. The molecule has 1 heterocycles. The molecule has 0 spiro atoms. The summed E-state index contributed by atoms with van der Waals surface area (Å²) in [4.78, 5) is 2.60. The highest BCUT2D eigenvalue weighted by molar-refractivity contribution is 5.27. The van der Waals surface area contributed by atoms with Gasteiger partial charge in [0.05, 0.1) is 0 Å². The summed E-state index contributed by atoms with van der Waals surface area (Å²) in [7, 11) is 2.32. The van der Waals surface area contributed by atoms with E-state index in [0.29, 0.717) is 0 Å². The second-order valence-electron chi connectivity index (χ2n) is 5.95. The van der Waals surface area contributed by atoms with Crippen LogP contribution in [0.2, 0.25) is 0 Å². The van der Waals surface area contributed by atoms with Crippen molar-refractivity contribution in [2.75, 3.05) is 26.7 Å². The molecule has 1 aromatic rings. The largest absolute Gasteiger partial charge is 0.317 e. The van der Waals surface area contributed by atoms with E-state index in [1.54, 1.807) is 0 Å². The number of piperidine rings is 1. The van der Waals surface area contributed by atoms with Gasteiger partial charge in [0.25, 0.3) is 0 Å². The highest BCUT2D eigenvalue weighted by atomic mass is 15.2. The maximum absolute atomic E-state index is 3.45.